The second-order valence-corrected chi connectivity index (χ2v) is 4.67. The van der Waals surface area contributed by atoms with Crippen molar-refractivity contribution in [3.05, 3.63) is 23.4 Å². The molecule has 86 valence electrons. The van der Waals surface area contributed by atoms with Crippen LogP contribution in [-0.2, 0) is 0 Å². The number of nitrogens with one attached hydrogen (secondary N) is 1. The topological polar surface area (TPSA) is 68.0 Å². The predicted octanol–water partition coefficient (Wildman–Crippen LogP) is 1.50. The molecule has 1 aliphatic carbocycles. The Kier molecular flexibility index (Phi) is 2.81. The van der Waals surface area contributed by atoms with E-state index in [-0.39, 0.29) is 5.91 Å². The molecule has 4 nitrogen and oxygen atoms in total. The molecule has 0 radical (unpaired) electrons. The summed E-state index contributed by atoms with van der Waals surface area (Å²) in [4.78, 5) is 15.9. The van der Waals surface area contributed by atoms with Crippen molar-refractivity contribution in [2.45, 2.75) is 32.7 Å². The average Bonchev–Trinajstić information content (AvgIpc) is 2.13. The Balaban J connectivity index is 2.03. The largest absolute Gasteiger partial charge is 0.384 e. The summed E-state index contributed by atoms with van der Waals surface area (Å²) in [6.07, 6.45) is 2.15. The summed E-state index contributed by atoms with van der Waals surface area (Å²) in [5.41, 5.74) is 6.98. The SMILES string of the molecule is Cc1cc(C(=O)NC2CC(C)C2)cc(N)n1. The summed E-state index contributed by atoms with van der Waals surface area (Å²) in [6, 6.07) is 3.70. The molecule has 4 heteroatoms. The zero-order valence-electron chi connectivity index (χ0n) is 9.66. The van der Waals surface area contributed by atoms with Gasteiger partial charge in [0.2, 0.25) is 0 Å². The first-order valence-electron chi connectivity index (χ1n) is 5.59. The number of aryl methyl sites for hydroxylation is 1. The van der Waals surface area contributed by atoms with Gasteiger partial charge in [-0.1, -0.05) is 6.92 Å². The number of nitrogens with zero attached hydrogens (tertiary/aromatic N) is 1. The van der Waals surface area contributed by atoms with Crippen molar-refractivity contribution >= 4 is 11.7 Å². The van der Waals surface area contributed by atoms with Crippen LogP contribution in [0.2, 0.25) is 0 Å². The number of anilines is 1. The minimum Gasteiger partial charge on any atom is -0.384 e. The maximum atomic E-state index is 11.9. The summed E-state index contributed by atoms with van der Waals surface area (Å²) < 4.78 is 0. The lowest BCUT2D eigenvalue weighted by Gasteiger charge is -2.33. The lowest BCUT2D eigenvalue weighted by Crippen LogP contribution is -2.43. The number of carbonyl (C=O) groups excluding carboxylic acids is 1. The predicted molar refractivity (Wildman–Crippen MR) is 63.0 cm³/mol. The van der Waals surface area contributed by atoms with E-state index >= 15 is 0 Å². The Morgan fingerprint density at radius 3 is 2.75 bits per heavy atom. The van der Waals surface area contributed by atoms with Gasteiger partial charge in [0, 0.05) is 17.3 Å². The maximum Gasteiger partial charge on any atom is 0.251 e. The molecule has 3 N–H and O–H groups in total. The molecule has 1 fully saturated rings. The first-order chi connectivity index (χ1) is 7.54. The van der Waals surface area contributed by atoms with E-state index < -0.39 is 0 Å². The van der Waals surface area contributed by atoms with Crippen LogP contribution in [0.1, 0.15) is 35.8 Å². The number of hydrogen-bond donors (Lipinski definition) is 2. The lowest BCUT2D eigenvalue weighted by atomic mass is 9.82. The van der Waals surface area contributed by atoms with Crippen LogP contribution in [0.15, 0.2) is 12.1 Å². The molecule has 1 aromatic rings. The van der Waals surface area contributed by atoms with Crippen LogP contribution < -0.4 is 11.1 Å². The first-order valence-corrected chi connectivity index (χ1v) is 5.59. The van der Waals surface area contributed by atoms with E-state index in [1.807, 2.05) is 6.92 Å². The number of nitrogens with two attached hydrogens (primary N) is 1. The number of pyridine rings is 1. The zero-order chi connectivity index (χ0) is 11.7. The third kappa shape index (κ3) is 2.32. The van der Waals surface area contributed by atoms with Crippen LogP contribution in [0.3, 0.4) is 0 Å². The van der Waals surface area contributed by atoms with Gasteiger partial charge in [-0.15, -0.1) is 0 Å². The molecule has 1 amide bonds. The molecular weight excluding hydrogens is 202 g/mol. The molecule has 0 saturated heterocycles. The Labute approximate surface area is 95.3 Å². The van der Waals surface area contributed by atoms with E-state index in [1.54, 1.807) is 12.1 Å². The number of carbonyl (C=O) groups is 1. The highest BCUT2D eigenvalue weighted by Crippen LogP contribution is 2.26. The highest BCUT2D eigenvalue weighted by Gasteiger charge is 2.26. The van der Waals surface area contributed by atoms with Crippen LogP contribution >= 0.6 is 0 Å². The van der Waals surface area contributed by atoms with Crippen LogP contribution in [0.25, 0.3) is 0 Å². The minimum absolute atomic E-state index is 0.0471. The van der Waals surface area contributed by atoms with E-state index in [1.165, 1.54) is 0 Å². The van der Waals surface area contributed by atoms with E-state index in [0.29, 0.717) is 17.4 Å². The second kappa shape index (κ2) is 4.12. The molecule has 1 saturated carbocycles. The maximum absolute atomic E-state index is 11.9. The van der Waals surface area contributed by atoms with E-state index in [9.17, 15) is 4.79 Å². The number of aromatic nitrogens is 1. The summed E-state index contributed by atoms with van der Waals surface area (Å²) in [6.45, 7) is 4.02. The molecule has 0 unspecified atom stereocenters. The van der Waals surface area contributed by atoms with Crippen molar-refractivity contribution in [3.8, 4) is 0 Å². The fourth-order valence-electron chi connectivity index (χ4n) is 2.11. The molecule has 1 aromatic heterocycles. The standard InChI is InChI=1S/C12H17N3O/c1-7-3-10(4-7)15-12(16)9-5-8(2)14-11(13)6-9/h5-7,10H,3-4H2,1-2H3,(H2,13,14)(H,15,16). The van der Waals surface area contributed by atoms with Gasteiger partial charge in [0.15, 0.2) is 0 Å². The number of nitrogen functional groups attached to an aromatic ring is 1. The Bertz CT molecular complexity index is 390. The molecule has 0 atom stereocenters. The van der Waals surface area contributed by atoms with Crippen molar-refractivity contribution in [3.63, 3.8) is 0 Å². The molecule has 1 heterocycles. The van der Waals surface area contributed by atoms with Crippen LogP contribution in [-0.4, -0.2) is 16.9 Å². The summed E-state index contributed by atoms with van der Waals surface area (Å²) in [5.74, 6) is 1.08. The van der Waals surface area contributed by atoms with Crippen molar-refractivity contribution in [1.82, 2.24) is 10.3 Å². The first kappa shape index (κ1) is 10.9. The van der Waals surface area contributed by atoms with Crippen LogP contribution in [0.5, 0.6) is 0 Å². The highest BCUT2D eigenvalue weighted by molar-refractivity contribution is 5.95. The smallest absolute Gasteiger partial charge is 0.251 e. The van der Waals surface area contributed by atoms with Gasteiger partial charge in [-0.3, -0.25) is 4.79 Å². The van der Waals surface area contributed by atoms with E-state index in [2.05, 4.69) is 17.2 Å². The molecule has 1 aliphatic rings. The molecule has 0 bridgehead atoms. The number of rotatable bonds is 2. The van der Waals surface area contributed by atoms with Crippen LogP contribution in [0, 0.1) is 12.8 Å². The molecule has 0 aliphatic heterocycles. The molecule has 16 heavy (non-hydrogen) atoms. The summed E-state index contributed by atoms with van der Waals surface area (Å²) in [5, 5.41) is 3.00. The Morgan fingerprint density at radius 1 is 1.50 bits per heavy atom. The van der Waals surface area contributed by atoms with Crippen molar-refractivity contribution < 1.29 is 4.79 Å². The molecule has 2 rings (SSSR count). The van der Waals surface area contributed by atoms with Crippen molar-refractivity contribution in [2.75, 3.05) is 5.73 Å². The summed E-state index contributed by atoms with van der Waals surface area (Å²) in [7, 11) is 0. The molecular formula is C12H17N3O. The molecule has 0 aromatic carbocycles. The van der Waals surface area contributed by atoms with Gasteiger partial charge < -0.3 is 11.1 Å². The zero-order valence-corrected chi connectivity index (χ0v) is 9.66. The third-order valence-electron chi connectivity index (χ3n) is 2.94. The molecule has 0 spiro atoms. The van der Waals surface area contributed by atoms with Crippen molar-refractivity contribution in [2.24, 2.45) is 5.92 Å². The van der Waals surface area contributed by atoms with Crippen LogP contribution in [0.4, 0.5) is 5.82 Å². The quantitative estimate of drug-likeness (QED) is 0.792. The van der Waals surface area contributed by atoms with Crippen molar-refractivity contribution in [1.29, 1.82) is 0 Å². The van der Waals surface area contributed by atoms with E-state index in [4.69, 9.17) is 5.73 Å². The van der Waals surface area contributed by atoms with E-state index in [0.717, 1.165) is 24.5 Å². The van der Waals surface area contributed by atoms with Gasteiger partial charge in [0.05, 0.1) is 0 Å². The Morgan fingerprint density at radius 2 is 2.19 bits per heavy atom. The third-order valence-corrected chi connectivity index (χ3v) is 2.94. The summed E-state index contributed by atoms with van der Waals surface area (Å²) >= 11 is 0. The average molecular weight is 219 g/mol. The minimum atomic E-state index is -0.0471. The fourth-order valence-corrected chi connectivity index (χ4v) is 2.11. The number of hydrogen-bond acceptors (Lipinski definition) is 3. The van der Waals surface area contributed by atoms with Gasteiger partial charge in [-0.05, 0) is 37.8 Å². The fraction of sp³-hybridized carbons (Fsp3) is 0.500. The van der Waals surface area contributed by atoms with Gasteiger partial charge >= 0.3 is 0 Å². The van der Waals surface area contributed by atoms with Gasteiger partial charge in [0.25, 0.3) is 5.91 Å². The van der Waals surface area contributed by atoms with Gasteiger partial charge in [-0.2, -0.15) is 0 Å². The highest BCUT2D eigenvalue weighted by atomic mass is 16.1. The van der Waals surface area contributed by atoms with Gasteiger partial charge in [-0.25, -0.2) is 4.98 Å². The second-order valence-electron chi connectivity index (χ2n) is 4.67. The monoisotopic (exact) mass is 219 g/mol. The normalized spacial score (nSPS) is 23.6. The Hall–Kier alpha value is -1.58. The number of amides is 1. The van der Waals surface area contributed by atoms with Gasteiger partial charge in [0.1, 0.15) is 5.82 Å². The lowest BCUT2D eigenvalue weighted by molar-refractivity contribution is 0.0896.